The summed E-state index contributed by atoms with van der Waals surface area (Å²) < 4.78 is 44.1. The van der Waals surface area contributed by atoms with Crippen LogP contribution in [0.25, 0.3) is 0 Å². The van der Waals surface area contributed by atoms with Crippen molar-refractivity contribution in [3.05, 3.63) is 0 Å². The van der Waals surface area contributed by atoms with Crippen LogP contribution in [0.5, 0.6) is 0 Å². The maximum Gasteiger partial charge on any atom is 0.104 e. The van der Waals surface area contributed by atoms with E-state index < -0.39 is 0 Å². The van der Waals surface area contributed by atoms with Gasteiger partial charge in [-0.3, -0.25) is 0 Å². The first-order valence-electron chi connectivity index (χ1n) is 9.78. The molecule has 4 heterocycles. The highest BCUT2D eigenvalue weighted by atomic mass is 32.2. The molecule has 0 radical (unpaired) electrons. The molecule has 4 aliphatic heterocycles. The Morgan fingerprint density at radius 3 is 1.04 bits per heavy atom. The Labute approximate surface area is 164 Å². The van der Waals surface area contributed by atoms with Crippen LogP contribution in [-0.4, -0.2) is 114 Å². The van der Waals surface area contributed by atoms with E-state index in [1.807, 2.05) is 11.8 Å². The summed E-state index contributed by atoms with van der Waals surface area (Å²) in [6.07, 6.45) is 1.10. The van der Waals surface area contributed by atoms with Crippen molar-refractivity contribution in [1.29, 1.82) is 0 Å². The van der Waals surface area contributed by atoms with Gasteiger partial charge < -0.3 is 37.9 Å². The van der Waals surface area contributed by atoms with E-state index in [9.17, 15) is 0 Å². The predicted molar refractivity (Wildman–Crippen MR) is 97.4 cm³/mol. The molecular weight excluding hydrogens is 376 g/mol. The van der Waals surface area contributed by atoms with Crippen LogP contribution in [0.2, 0.25) is 0 Å². The highest BCUT2D eigenvalue weighted by molar-refractivity contribution is 8.00. The molecule has 0 aliphatic carbocycles. The molecule has 4 rings (SSSR count). The van der Waals surface area contributed by atoms with Crippen molar-refractivity contribution in [1.82, 2.24) is 0 Å². The third kappa shape index (κ3) is 9.38. The van der Waals surface area contributed by atoms with Crippen molar-refractivity contribution in [3.8, 4) is 0 Å². The summed E-state index contributed by atoms with van der Waals surface area (Å²) >= 11 is 1.81. The van der Waals surface area contributed by atoms with Gasteiger partial charge in [0, 0.05) is 0 Å². The van der Waals surface area contributed by atoms with E-state index in [2.05, 4.69) is 0 Å². The van der Waals surface area contributed by atoms with Gasteiger partial charge in [0.05, 0.1) is 89.8 Å². The van der Waals surface area contributed by atoms with Gasteiger partial charge in [0.15, 0.2) is 0 Å². The van der Waals surface area contributed by atoms with Crippen LogP contribution in [0.15, 0.2) is 0 Å². The number of epoxide rings is 4. The minimum atomic E-state index is 0.217. The lowest BCUT2D eigenvalue weighted by Gasteiger charge is -2.23. The molecule has 0 bridgehead atoms. The maximum atomic E-state index is 5.82. The molecule has 4 saturated heterocycles. The second-order valence-corrected chi connectivity index (χ2v) is 8.96. The zero-order chi connectivity index (χ0) is 18.3. The Morgan fingerprint density at radius 2 is 0.815 bits per heavy atom. The van der Waals surface area contributed by atoms with Crippen LogP contribution in [-0.2, 0) is 37.9 Å². The number of ether oxygens (including phenoxy) is 8. The molecule has 4 unspecified atom stereocenters. The molecule has 4 atom stereocenters. The summed E-state index contributed by atoms with van der Waals surface area (Å²) in [4.78, 5) is 0. The van der Waals surface area contributed by atoms with E-state index in [0.717, 1.165) is 26.4 Å². The van der Waals surface area contributed by atoms with Crippen molar-refractivity contribution >= 4 is 11.8 Å². The van der Waals surface area contributed by atoms with E-state index in [0.29, 0.717) is 52.9 Å². The zero-order valence-electron chi connectivity index (χ0n) is 15.6. The highest BCUT2D eigenvalue weighted by Gasteiger charge is 2.28. The van der Waals surface area contributed by atoms with E-state index in [4.69, 9.17) is 37.9 Å². The van der Waals surface area contributed by atoms with Gasteiger partial charge in [-0.05, 0) is 0 Å². The maximum absolute atomic E-state index is 5.82. The highest BCUT2D eigenvalue weighted by Crippen LogP contribution is 2.23. The predicted octanol–water partition coefficient (Wildman–Crippen LogP) is 0.118. The zero-order valence-corrected chi connectivity index (χ0v) is 16.4. The summed E-state index contributed by atoms with van der Waals surface area (Å²) in [5, 5.41) is 0.433. The van der Waals surface area contributed by atoms with Gasteiger partial charge in [-0.1, -0.05) is 0 Å². The molecule has 0 aromatic heterocycles. The molecule has 27 heavy (non-hydrogen) atoms. The van der Waals surface area contributed by atoms with Crippen LogP contribution < -0.4 is 0 Å². The molecule has 156 valence electrons. The summed E-state index contributed by atoms with van der Waals surface area (Å²) in [5.74, 6) is 0. The summed E-state index contributed by atoms with van der Waals surface area (Å²) in [5.41, 5.74) is 0. The fourth-order valence-corrected chi connectivity index (χ4v) is 3.75. The van der Waals surface area contributed by atoms with Crippen molar-refractivity contribution in [2.24, 2.45) is 0 Å². The van der Waals surface area contributed by atoms with Gasteiger partial charge in [-0.2, -0.15) is 0 Å². The lowest BCUT2D eigenvalue weighted by atomic mass is 10.4. The average molecular weight is 406 g/mol. The molecule has 8 nitrogen and oxygen atoms in total. The first kappa shape index (κ1) is 20.3. The molecule has 0 saturated carbocycles. The van der Waals surface area contributed by atoms with E-state index in [-0.39, 0.29) is 34.9 Å². The minimum Gasteiger partial charge on any atom is -0.377 e. The monoisotopic (exact) mass is 406 g/mol. The SMILES string of the molecule is C(OCC(COCC1CO1)SC(COCC1CO1)COCC1CO1)C1CO1. The van der Waals surface area contributed by atoms with Crippen molar-refractivity contribution in [3.63, 3.8) is 0 Å². The molecular formula is C18H30O8S. The van der Waals surface area contributed by atoms with Gasteiger partial charge in [-0.25, -0.2) is 0 Å². The molecule has 0 aromatic carbocycles. The number of rotatable bonds is 18. The summed E-state index contributed by atoms with van der Waals surface area (Å²) in [7, 11) is 0. The average Bonchev–Trinajstić information content (AvgIpc) is 3.48. The van der Waals surface area contributed by atoms with E-state index in [1.165, 1.54) is 0 Å². The lowest BCUT2D eigenvalue weighted by molar-refractivity contribution is 0.0677. The normalized spacial score (nSPS) is 32.9. The van der Waals surface area contributed by atoms with E-state index >= 15 is 0 Å². The van der Waals surface area contributed by atoms with Crippen molar-refractivity contribution < 1.29 is 37.9 Å². The third-order valence-electron chi connectivity index (χ3n) is 4.42. The molecule has 9 heteroatoms. The molecule has 4 aliphatic rings. The van der Waals surface area contributed by atoms with Crippen LogP contribution in [0.4, 0.5) is 0 Å². The molecule has 0 N–H and O–H groups in total. The van der Waals surface area contributed by atoms with Crippen LogP contribution in [0, 0.1) is 0 Å². The summed E-state index contributed by atoms with van der Waals surface area (Å²) in [6, 6.07) is 0. The quantitative estimate of drug-likeness (QED) is 0.295. The fraction of sp³-hybridized carbons (Fsp3) is 1.00. The summed E-state index contributed by atoms with van der Waals surface area (Å²) in [6.45, 7) is 8.36. The van der Waals surface area contributed by atoms with Crippen LogP contribution in [0.3, 0.4) is 0 Å². The second kappa shape index (κ2) is 10.7. The number of hydrogen-bond acceptors (Lipinski definition) is 9. The van der Waals surface area contributed by atoms with Gasteiger partial charge in [0.1, 0.15) is 24.4 Å². The smallest absolute Gasteiger partial charge is 0.104 e. The second-order valence-electron chi connectivity index (χ2n) is 7.35. The Bertz CT molecular complexity index is 352. The van der Waals surface area contributed by atoms with Crippen molar-refractivity contribution in [2.45, 2.75) is 34.9 Å². The van der Waals surface area contributed by atoms with E-state index in [1.54, 1.807) is 0 Å². The molecule has 4 fully saturated rings. The Hall–Kier alpha value is 0.0300. The van der Waals surface area contributed by atoms with Crippen molar-refractivity contribution in [2.75, 3.05) is 79.3 Å². The van der Waals surface area contributed by atoms with Crippen LogP contribution in [0.1, 0.15) is 0 Å². The fourth-order valence-electron chi connectivity index (χ4n) is 2.51. The Morgan fingerprint density at radius 1 is 0.556 bits per heavy atom. The minimum absolute atomic E-state index is 0.217. The topological polar surface area (TPSA) is 87.0 Å². The first-order valence-corrected chi connectivity index (χ1v) is 10.7. The van der Waals surface area contributed by atoms with Gasteiger partial charge >= 0.3 is 0 Å². The van der Waals surface area contributed by atoms with Gasteiger partial charge in [-0.15, -0.1) is 11.8 Å². The molecule has 0 spiro atoms. The Kier molecular flexibility index (Phi) is 8.05. The molecule has 0 aromatic rings. The molecule has 0 amide bonds. The largest absolute Gasteiger partial charge is 0.377 e. The van der Waals surface area contributed by atoms with Crippen LogP contribution >= 0.6 is 11.8 Å². The Balaban J connectivity index is 1.18. The number of thioether (sulfide) groups is 1. The van der Waals surface area contributed by atoms with Gasteiger partial charge in [0.25, 0.3) is 0 Å². The third-order valence-corrected chi connectivity index (χ3v) is 5.74. The van der Waals surface area contributed by atoms with Gasteiger partial charge in [0.2, 0.25) is 0 Å². The first-order chi connectivity index (χ1) is 13.3. The lowest BCUT2D eigenvalue weighted by Crippen LogP contribution is -2.29. The number of hydrogen-bond donors (Lipinski definition) is 0. The standard InChI is InChI=1S/C18H30O8S/c1(13-5-23-13)19-9-17(10-20-2-14-6-24-14)27-18(11-21-3-15-7-25-15)12-22-4-16-8-26-16/h13-18H,1-12H2.